The summed E-state index contributed by atoms with van der Waals surface area (Å²) in [6.07, 6.45) is 5.07. The molecule has 4 rings (SSSR count). The van der Waals surface area contributed by atoms with Crippen LogP contribution in [0.1, 0.15) is 16.9 Å². The van der Waals surface area contributed by atoms with Crippen molar-refractivity contribution in [2.75, 3.05) is 7.11 Å². The normalized spacial score (nSPS) is 16.7. The van der Waals surface area contributed by atoms with E-state index in [1.54, 1.807) is 30.6 Å². The van der Waals surface area contributed by atoms with Gasteiger partial charge in [0.05, 0.1) is 31.0 Å². The number of rotatable bonds is 6. The zero-order chi connectivity index (χ0) is 21.6. The summed E-state index contributed by atoms with van der Waals surface area (Å²) in [5, 5.41) is 9.00. The topological polar surface area (TPSA) is 67.4 Å². The predicted octanol–water partition coefficient (Wildman–Crippen LogP) is 5.56. The molecule has 6 nitrogen and oxygen atoms in total. The van der Waals surface area contributed by atoms with E-state index in [9.17, 15) is 4.79 Å². The first-order valence-electron chi connectivity index (χ1n) is 9.37. The van der Waals surface area contributed by atoms with Gasteiger partial charge in [0, 0.05) is 4.47 Å². The average Bonchev–Trinajstić information content (AvgIpc) is 3.39. The number of carbonyl (C=O) groups is 1. The molecule has 8 heteroatoms. The number of ether oxygens (including phenoxy) is 1. The van der Waals surface area contributed by atoms with E-state index in [1.165, 1.54) is 11.8 Å². The van der Waals surface area contributed by atoms with E-state index in [4.69, 9.17) is 9.15 Å². The van der Waals surface area contributed by atoms with Crippen molar-refractivity contribution in [3.63, 3.8) is 0 Å². The number of benzene rings is 2. The van der Waals surface area contributed by atoms with Crippen molar-refractivity contribution in [2.45, 2.75) is 6.54 Å². The van der Waals surface area contributed by atoms with Crippen LogP contribution in [0.2, 0.25) is 0 Å². The van der Waals surface area contributed by atoms with Crippen molar-refractivity contribution in [1.29, 1.82) is 0 Å². The standard InChI is InChI=1S/C23H18BrN3O3S/c1-29-19-9-7-16(8-10-19)14-25-26-23-27(15-20-6-3-11-30-20)22(28)21(31-23)13-17-4-2-5-18(24)12-17/h2-14H,15H2,1H3/b21-13-,25-14-,26-23+. The fraction of sp³-hybridized carbons (Fsp3) is 0.0870. The van der Waals surface area contributed by atoms with Gasteiger partial charge in [-0.25, -0.2) is 0 Å². The van der Waals surface area contributed by atoms with Crippen LogP contribution < -0.4 is 4.74 Å². The minimum atomic E-state index is -0.139. The monoisotopic (exact) mass is 495 g/mol. The zero-order valence-corrected chi connectivity index (χ0v) is 19.0. The Labute approximate surface area is 192 Å². The summed E-state index contributed by atoms with van der Waals surface area (Å²) in [5.74, 6) is 1.30. The van der Waals surface area contributed by atoms with Crippen LogP contribution in [0, 0.1) is 0 Å². The smallest absolute Gasteiger partial charge is 0.267 e. The molecule has 2 aromatic carbocycles. The molecule has 0 spiro atoms. The molecule has 1 amide bonds. The molecule has 156 valence electrons. The van der Waals surface area contributed by atoms with Crippen LogP contribution in [0.4, 0.5) is 0 Å². The number of carbonyl (C=O) groups excluding carboxylic acids is 1. The lowest BCUT2D eigenvalue weighted by Crippen LogP contribution is -2.28. The van der Waals surface area contributed by atoms with Crippen molar-refractivity contribution >= 4 is 51.1 Å². The zero-order valence-electron chi connectivity index (χ0n) is 16.6. The molecule has 31 heavy (non-hydrogen) atoms. The summed E-state index contributed by atoms with van der Waals surface area (Å²) in [6, 6.07) is 18.9. The molecule has 0 radical (unpaired) electrons. The maximum absolute atomic E-state index is 13.1. The Kier molecular flexibility index (Phi) is 6.69. The highest BCUT2D eigenvalue weighted by atomic mass is 79.9. The van der Waals surface area contributed by atoms with E-state index in [-0.39, 0.29) is 12.5 Å². The Balaban J connectivity index is 1.60. The van der Waals surface area contributed by atoms with Crippen LogP contribution in [0.25, 0.3) is 6.08 Å². The largest absolute Gasteiger partial charge is 0.497 e. The second-order valence-corrected chi connectivity index (χ2v) is 8.46. The Bertz CT molecular complexity index is 1160. The van der Waals surface area contributed by atoms with Crippen LogP contribution in [-0.2, 0) is 11.3 Å². The molecule has 1 aliphatic rings. The second-order valence-electron chi connectivity index (χ2n) is 6.54. The highest BCUT2D eigenvalue weighted by Gasteiger charge is 2.34. The van der Waals surface area contributed by atoms with Crippen molar-refractivity contribution in [2.24, 2.45) is 10.2 Å². The number of furan rings is 1. The number of nitrogens with zero attached hydrogens (tertiary/aromatic N) is 3. The third-order valence-corrected chi connectivity index (χ3v) is 5.88. The summed E-state index contributed by atoms with van der Waals surface area (Å²) in [5.41, 5.74) is 1.80. The van der Waals surface area contributed by atoms with Gasteiger partial charge in [-0.2, -0.15) is 5.10 Å². The maximum Gasteiger partial charge on any atom is 0.267 e. The Morgan fingerprint density at radius 1 is 1.13 bits per heavy atom. The van der Waals surface area contributed by atoms with Crippen LogP contribution in [0.15, 0.2) is 90.9 Å². The molecule has 0 bridgehead atoms. The first-order valence-corrected chi connectivity index (χ1v) is 11.0. The molecule has 0 atom stereocenters. The molecular formula is C23H18BrN3O3S. The Morgan fingerprint density at radius 2 is 1.97 bits per heavy atom. The highest BCUT2D eigenvalue weighted by Crippen LogP contribution is 2.34. The number of hydrogen-bond acceptors (Lipinski definition) is 6. The maximum atomic E-state index is 13.1. The fourth-order valence-corrected chi connectivity index (χ4v) is 4.21. The molecule has 1 saturated heterocycles. The van der Waals surface area contributed by atoms with Gasteiger partial charge in [-0.3, -0.25) is 9.69 Å². The lowest BCUT2D eigenvalue weighted by molar-refractivity contribution is -0.122. The van der Waals surface area contributed by atoms with Gasteiger partial charge in [0.25, 0.3) is 5.91 Å². The molecule has 0 aliphatic carbocycles. The van der Waals surface area contributed by atoms with Gasteiger partial charge in [-0.15, -0.1) is 5.10 Å². The molecule has 1 fully saturated rings. The predicted molar refractivity (Wildman–Crippen MR) is 127 cm³/mol. The molecule has 1 aromatic heterocycles. The molecule has 0 N–H and O–H groups in total. The lowest BCUT2D eigenvalue weighted by atomic mass is 10.2. The third-order valence-electron chi connectivity index (χ3n) is 4.39. The number of halogens is 1. The minimum Gasteiger partial charge on any atom is -0.497 e. The first-order chi connectivity index (χ1) is 15.1. The molecule has 0 unspecified atom stereocenters. The van der Waals surface area contributed by atoms with Gasteiger partial charge in [0.2, 0.25) is 0 Å². The van der Waals surface area contributed by atoms with Crippen molar-refractivity contribution < 1.29 is 13.9 Å². The molecular weight excluding hydrogens is 478 g/mol. The summed E-state index contributed by atoms with van der Waals surface area (Å²) in [4.78, 5) is 15.2. The molecule has 0 saturated carbocycles. The Morgan fingerprint density at radius 3 is 2.68 bits per heavy atom. The Hall–Kier alpha value is -3.10. The first kappa shape index (κ1) is 21.1. The van der Waals surface area contributed by atoms with E-state index < -0.39 is 0 Å². The van der Waals surface area contributed by atoms with Crippen LogP contribution in [0.3, 0.4) is 0 Å². The van der Waals surface area contributed by atoms with Crippen LogP contribution >= 0.6 is 27.7 Å². The van der Waals surface area contributed by atoms with E-state index in [1.807, 2.05) is 60.7 Å². The van der Waals surface area contributed by atoms with E-state index in [0.29, 0.717) is 15.8 Å². The lowest BCUT2D eigenvalue weighted by Gasteiger charge is -2.12. The van der Waals surface area contributed by atoms with Crippen LogP contribution in [0.5, 0.6) is 5.75 Å². The highest BCUT2D eigenvalue weighted by molar-refractivity contribution is 9.10. The van der Waals surface area contributed by atoms with Crippen molar-refractivity contribution in [3.8, 4) is 5.75 Å². The minimum absolute atomic E-state index is 0.139. The van der Waals surface area contributed by atoms with Gasteiger partial charge >= 0.3 is 0 Å². The number of methoxy groups -OCH3 is 1. The van der Waals surface area contributed by atoms with Gasteiger partial charge in [-0.1, -0.05) is 28.1 Å². The van der Waals surface area contributed by atoms with E-state index in [0.717, 1.165) is 21.3 Å². The van der Waals surface area contributed by atoms with E-state index in [2.05, 4.69) is 26.1 Å². The molecule has 2 heterocycles. The second kappa shape index (κ2) is 9.80. The third kappa shape index (κ3) is 5.34. The van der Waals surface area contributed by atoms with Gasteiger partial charge in [0.15, 0.2) is 5.17 Å². The summed E-state index contributed by atoms with van der Waals surface area (Å²) >= 11 is 4.75. The average molecular weight is 496 g/mol. The number of amidine groups is 1. The van der Waals surface area contributed by atoms with Crippen molar-refractivity contribution in [1.82, 2.24) is 4.90 Å². The van der Waals surface area contributed by atoms with Gasteiger partial charge in [0.1, 0.15) is 11.5 Å². The van der Waals surface area contributed by atoms with E-state index >= 15 is 0 Å². The fourth-order valence-electron chi connectivity index (χ4n) is 2.86. The molecule has 1 aliphatic heterocycles. The summed E-state index contributed by atoms with van der Waals surface area (Å²) in [7, 11) is 1.62. The summed E-state index contributed by atoms with van der Waals surface area (Å²) < 4.78 is 11.5. The van der Waals surface area contributed by atoms with Gasteiger partial charge < -0.3 is 9.15 Å². The van der Waals surface area contributed by atoms with Crippen molar-refractivity contribution in [3.05, 3.63) is 93.2 Å². The number of hydrogen-bond donors (Lipinski definition) is 0. The molecule has 3 aromatic rings. The summed E-state index contributed by atoms with van der Waals surface area (Å²) in [6.45, 7) is 0.283. The number of thioether (sulfide) groups is 1. The van der Waals surface area contributed by atoms with Gasteiger partial charge in [-0.05, 0) is 77.5 Å². The quantitative estimate of drug-likeness (QED) is 0.255. The SMILES string of the molecule is COc1ccc(/C=N\N=C2\S/C(=C\c3cccc(Br)c3)C(=O)N2Cc2ccco2)cc1. The van der Waals surface area contributed by atoms with Crippen LogP contribution in [-0.4, -0.2) is 29.3 Å². The number of amides is 1.